The number of methoxy groups -OCH3 is 3. The molecule has 0 aliphatic carbocycles. The highest BCUT2D eigenvalue weighted by molar-refractivity contribution is 5.97. The van der Waals surface area contributed by atoms with Gasteiger partial charge in [-0.2, -0.15) is 0 Å². The monoisotopic (exact) mass is 315 g/mol. The van der Waals surface area contributed by atoms with E-state index < -0.39 is 0 Å². The summed E-state index contributed by atoms with van der Waals surface area (Å²) in [5.74, 6) is 1.73. The van der Waals surface area contributed by atoms with Crippen LogP contribution in [0.25, 0.3) is 0 Å². The van der Waals surface area contributed by atoms with Gasteiger partial charge in [-0.25, -0.2) is 0 Å². The number of carbonyl (C=O) groups is 1. The topological polar surface area (TPSA) is 56.8 Å². The van der Waals surface area contributed by atoms with E-state index in [9.17, 15) is 4.79 Å². The van der Waals surface area contributed by atoms with Crippen molar-refractivity contribution in [1.29, 1.82) is 0 Å². The number of amides is 1. The Labute approximate surface area is 136 Å². The number of ether oxygens (including phenoxy) is 3. The third-order valence-electron chi connectivity index (χ3n) is 3.60. The molecule has 0 saturated heterocycles. The second-order valence-electron chi connectivity index (χ2n) is 5.00. The molecule has 2 aromatic carbocycles. The molecule has 122 valence electrons. The molecule has 0 aromatic heterocycles. The molecule has 0 fully saturated rings. The molecule has 0 radical (unpaired) electrons. The van der Waals surface area contributed by atoms with Crippen LogP contribution in [0.1, 0.15) is 28.9 Å². The number of hydrogen-bond donors (Lipinski definition) is 1. The molecule has 0 aliphatic heterocycles. The molecule has 1 N–H and O–H groups in total. The summed E-state index contributed by atoms with van der Waals surface area (Å²) < 4.78 is 15.8. The standard InChI is InChI=1S/C18H21NO4/c1-12(15-11-13(21-2)9-10-17(15)23-4)19-18(20)14-7-5-6-8-16(14)22-3/h5-12H,1-4H3,(H,19,20)/t12-/m0/s1. The lowest BCUT2D eigenvalue weighted by molar-refractivity contribution is 0.0936. The number of rotatable bonds is 6. The van der Waals surface area contributed by atoms with E-state index in [4.69, 9.17) is 14.2 Å². The van der Waals surface area contributed by atoms with Gasteiger partial charge in [0.15, 0.2) is 0 Å². The van der Waals surface area contributed by atoms with Gasteiger partial charge in [-0.15, -0.1) is 0 Å². The van der Waals surface area contributed by atoms with Crippen LogP contribution in [0.5, 0.6) is 17.2 Å². The molecule has 0 bridgehead atoms. The van der Waals surface area contributed by atoms with Crippen LogP contribution >= 0.6 is 0 Å². The highest BCUT2D eigenvalue weighted by atomic mass is 16.5. The molecular formula is C18H21NO4. The maximum absolute atomic E-state index is 12.5. The van der Waals surface area contributed by atoms with E-state index in [0.717, 1.165) is 5.56 Å². The SMILES string of the molecule is COc1ccc(OC)c([C@H](C)NC(=O)c2ccccc2OC)c1. The first kappa shape index (κ1) is 16.7. The van der Waals surface area contributed by atoms with Crippen molar-refractivity contribution in [2.24, 2.45) is 0 Å². The van der Waals surface area contributed by atoms with Crippen LogP contribution in [0, 0.1) is 0 Å². The highest BCUT2D eigenvalue weighted by Gasteiger charge is 2.18. The summed E-state index contributed by atoms with van der Waals surface area (Å²) in [6, 6.07) is 12.3. The van der Waals surface area contributed by atoms with E-state index in [0.29, 0.717) is 22.8 Å². The van der Waals surface area contributed by atoms with Gasteiger partial charge in [0.05, 0.1) is 32.9 Å². The third-order valence-corrected chi connectivity index (χ3v) is 3.60. The molecule has 0 heterocycles. The summed E-state index contributed by atoms with van der Waals surface area (Å²) in [7, 11) is 4.74. The second-order valence-corrected chi connectivity index (χ2v) is 5.00. The lowest BCUT2D eigenvalue weighted by Gasteiger charge is -2.19. The largest absolute Gasteiger partial charge is 0.497 e. The third kappa shape index (κ3) is 3.74. The molecule has 1 atom stereocenters. The van der Waals surface area contributed by atoms with E-state index >= 15 is 0 Å². The normalized spacial score (nSPS) is 11.5. The molecule has 0 aliphatic rings. The van der Waals surface area contributed by atoms with Gasteiger partial charge in [0.2, 0.25) is 0 Å². The van der Waals surface area contributed by atoms with E-state index in [1.807, 2.05) is 31.2 Å². The van der Waals surface area contributed by atoms with Crippen LogP contribution in [0.15, 0.2) is 42.5 Å². The molecular weight excluding hydrogens is 294 g/mol. The average molecular weight is 315 g/mol. The fourth-order valence-electron chi connectivity index (χ4n) is 2.36. The lowest BCUT2D eigenvalue weighted by Crippen LogP contribution is -2.27. The van der Waals surface area contributed by atoms with Gasteiger partial charge in [0, 0.05) is 5.56 Å². The summed E-state index contributed by atoms with van der Waals surface area (Å²) >= 11 is 0. The molecule has 5 nitrogen and oxygen atoms in total. The van der Waals surface area contributed by atoms with Gasteiger partial charge in [-0.3, -0.25) is 4.79 Å². The van der Waals surface area contributed by atoms with Crippen molar-refractivity contribution in [3.05, 3.63) is 53.6 Å². The van der Waals surface area contributed by atoms with Crippen LogP contribution in [-0.4, -0.2) is 27.2 Å². The van der Waals surface area contributed by atoms with Gasteiger partial charge in [-0.1, -0.05) is 12.1 Å². The van der Waals surface area contributed by atoms with Crippen molar-refractivity contribution in [2.75, 3.05) is 21.3 Å². The van der Waals surface area contributed by atoms with E-state index in [1.165, 1.54) is 0 Å². The van der Waals surface area contributed by atoms with Crippen molar-refractivity contribution in [3.8, 4) is 17.2 Å². The summed E-state index contributed by atoms with van der Waals surface area (Å²) in [4.78, 5) is 12.5. The molecule has 2 rings (SSSR count). The van der Waals surface area contributed by atoms with Gasteiger partial charge in [-0.05, 0) is 37.3 Å². The first-order valence-electron chi connectivity index (χ1n) is 7.26. The van der Waals surface area contributed by atoms with Crippen molar-refractivity contribution >= 4 is 5.91 Å². The molecule has 5 heteroatoms. The van der Waals surface area contributed by atoms with E-state index in [1.54, 1.807) is 39.5 Å². The number of para-hydroxylation sites is 1. The second kappa shape index (κ2) is 7.54. The van der Waals surface area contributed by atoms with Gasteiger partial charge in [0.1, 0.15) is 17.2 Å². The molecule has 1 amide bonds. The van der Waals surface area contributed by atoms with Crippen LogP contribution in [0.3, 0.4) is 0 Å². The Morgan fingerprint density at radius 3 is 2.30 bits per heavy atom. The molecule has 23 heavy (non-hydrogen) atoms. The fourth-order valence-corrected chi connectivity index (χ4v) is 2.36. The summed E-state index contributed by atoms with van der Waals surface area (Å²) in [6.45, 7) is 1.89. The van der Waals surface area contributed by atoms with Crippen molar-refractivity contribution in [3.63, 3.8) is 0 Å². The first-order valence-corrected chi connectivity index (χ1v) is 7.26. The molecule has 0 saturated carbocycles. The Hall–Kier alpha value is -2.69. The summed E-state index contributed by atoms with van der Waals surface area (Å²) in [5, 5.41) is 2.96. The van der Waals surface area contributed by atoms with Gasteiger partial charge in [0.25, 0.3) is 5.91 Å². The van der Waals surface area contributed by atoms with Crippen molar-refractivity contribution in [2.45, 2.75) is 13.0 Å². The zero-order valence-electron chi connectivity index (χ0n) is 13.8. The maximum atomic E-state index is 12.5. The zero-order chi connectivity index (χ0) is 16.8. The van der Waals surface area contributed by atoms with Crippen molar-refractivity contribution < 1.29 is 19.0 Å². The van der Waals surface area contributed by atoms with E-state index in [-0.39, 0.29) is 11.9 Å². The van der Waals surface area contributed by atoms with Crippen molar-refractivity contribution in [1.82, 2.24) is 5.32 Å². The Bertz CT molecular complexity index is 684. The van der Waals surface area contributed by atoms with Crippen LogP contribution in [0.2, 0.25) is 0 Å². The zero-order valence-corrected chi connectivity index (χ0v) is 13.8. The number of nitrogens with one attached hydrogen (secondary N) is 1. The maximum Gasteiger partial charge on any atom is 0.255 e. The number of carbonyl (C=O) groups excluding carboxylic acids is 1. The van der Waals surface area contributed by atoms with Crippen LogP contribution in [-0.2, 0) is 0 Å². The smallest absolute Gasteiger partial charge is 0.255 e. The summed E-state index contributed by atoms with van der Waals surface area (Å²) in [5.41, 5.74) is 1.33. The summed E-state index contributed by atoms with van der Waals surface area (Å²) in [6.07, 6.45) is 0. The quantitative estimate of drug-likeness (QED) is 0.889. The number of benzene rings is 2. The Balaban J connectivity index is 2.24. The van der Waals surface area contributed by atoms with Gasteiger partial charge < -0.3 is 19.5 Å². The fraction of sp³-hybridized carbons (Fsp3) is 0.278. The van der Waals surface area contributed by atoms with E-state index in [2.05, 4.69) is 5.32 Å². The minimum Gasteiger partial charge on any atom is -0.497 e. The Morgan fingerprint density at radius 2 is 1.65 bits per heavy atom. The molecule has 0 spiro atoms. The number of hydrogen-bond acceptors (Lipinski definition) is 4. The Morgan fingerprint density at radius 1 is 0.957 bits per heavy atom. The van der Waals surface area contributed by atoms with Crippen LogP contribution in [0.4, 0.5) is 0 Å². The predicted molar refractivity (Wildman–Crippen MR) is 88.4 cm³/mol. The highest BCUT2D eigenvalue weighted by Crippen LogP contribution is 2.29. The first-order chi connectivity index (χ1) is 11.1. The molecule has 0 unspecified atom stereocenters. The predicted octanol–water partition coefficient (Wildman–Crippen LogP) is 3.20. The van der Waals surface area contributed by atoms with Crippen LogP contribution < -0.4 is 19.5 Å². The average Bonchev–Trinajstić information content (AvgIpc) is 2.60. The lowest BCUT2D eigenvalue weighted by atomic mass is 10.1. The minimum absolute atomic E-state index is 0.208. The van der Waals surface area contributed by atoms with Gasteiger partial charge >= 0.3 is 0 Å². The Kier molecular flexibility index (Phi) is 5.46. The minimum atomic E-state index is -0.252. The molecule has 2 aromatic rings.